The number of nitrogens with one attached hydrogen (secondary N) is 1. The van der Waals surface area contributed by atoms with E-state index in [1.807, 2.05) is 19.1 Å². The minimum atomic E-state index is -2.94. The van der Waals surface area contributed by atoms with Crippen LogP contribution in [0.4, 0.5) is 13.2 Å². The van der Waals surface area contributed by atoms with E-state index in [1.54, 1.807) is 11.0 Å². The maximum absolute atomic E-state index is 14.4. The number of aryl methyl sites for hydroxylation is 2. The van der Waals surface area contributed by atoms with Crippen LogP contribution in [-0.4, -0.2) is 26.6 Å². The Morgan fingerprint density at radius 2 is 2.08 bits per heavy atom. The summed E-state index contributed by atoms with van der Waals surface area (Å²) in [5.41, 5.74) is 0.866. The van der Waals surface area contributed by atoms with Gasteiger partial charge in [-0.05, 0) is 42.5 Å². The summed E-state index contributed by atoms with van der Waals surface area (Å²) in [4.78, 5) is 1.68. The molecule has 0 amide bonds. The molecule has 26 heavy (non-hydrogen) atoms. The predicted octanol–water partition coefficient (Wildman–Crippen LogP) is 4.70. The number of hydrogen-bond donors (Lipinski definition) is 1. The maximum atomic E-state index is 14.4. The molecule has 0 radical (unpaired) electrons. The molecule has 0 spiro atoms. The molecule has 1 aliphatic carbocycles. The number of benzene rings is 1. The van der Waals surface area contributed by atoms with Crippen LogP contribution in [0.15, 0.2) is 18.2 Å². The monoisotopic (exact) mass is 384 g/mol. The summed E-state index contributed by atoms with van der Waals surface area (Å²) in [7, 11) is 1.26. The maximum Gasteiger partial charge on any atom is 0.283 e. The number of amidine groups is 1. The van der Waals surface area contributed by atoms with Gasteiger partial charge in [-0.1, -0.05) is 24.6 Å². The van der Waals surface area contributed by atoms with Crippen LogP contribution in [-0.2, 0) is 20.0 Å². The number of aromatic nitrogens is 2. The fraction of sp³-hybridized carbons (Fsp3) is 0.444. The van der Waals surface area contributed by atoms with E-state index in [1.165, 1.54) is 7.05 Å². The highest BCUT2D eigenvalue weighted by molar-refractivity contribution is 6.30. The molecule has 3 rings (SSSR count). The minimum Gasteiger partial charge on any atom is -0.349 e. The molecule has 1 saturated carbocycles. The van der Waals surface area contributed by atoms with Gasteiger partial charge in [0.2, 0.25) is 5.95 Å². The first kappa shape index (κ1) is 18.8. The first-order chi connectivity index (χ1) is 12.3. The molecule has 8 heteroatoms. The molecular formula is C18H20ClF3N4. The van der Waals surface area contributed by atoms with Crippen molar-refractivity contribution >= 4 is 17.4 Å². The van der Waals surface area contributed by atoms with Crippen LogP contribution in [0.5, 0.6) is 0 Å². The summed E-state index contributed by atoms with van der Waals surface area (Å²) in [5, 5.41) is 12.6. The first-order valence-electron chi connectivity index (χ1n) is 8.46. The Balaban J connectivity index is 1.97. The van der Waals surface area contributed by atoms with E-state index in [2.05, 4.69) is 5.10 Å². The summed E-state index contributed by atoms with van der Waals surface area (Å²) in [6.07, 6.45) is -0.478. The Labute approximate surface area is 155 Å². The van der Waals surface area contributed by atoms with Gasteiger partial charge in [-0.2, -0.15) is 9.49 Å². The van der Waals surface area contributed by atoms with Gasteiger partial charge in [0.1, 0.15) is 17.1 Å². The summed E-state index contributed by atoms with van der Waals surface area (Å²) in [5.74, 6) is -1.17. The lowest BCUT2D eigenvalue weighted by atomic mass is 10.0. The highest BCUT2D eigenvalue weighted by atomic mass is 35.5. The molecule has 0 saturated heterocycles. The number of rotatable bonds is 6. The zero-order valence-electron chi connectivity index (χ0n) is 14.6. The van der Waals surface area contributed by atoms with Crippen molar-refractivity contribution in [1.29, 1.82) is 5.41 Å². The van der Waals surface area contributed by atoms with Crippen LogP contribution < -0.4 is 0 Å². The van der Waals surface area contributed by atoms with Crippen molar-refractivity contribution < 1.29 is 13.2 Å². The van der Waals surface area contributed by atoms with Gasteiger partial charge in [0, 0.05) is 24.7 Å². The lowest BCUT2D eigenvalue weighted by molar-refractivity contribution is 0.145. The fourth-order valence-electron chi connectivity index (χ4n) is 3.09. The van der Waals surface area contributed by atoms with Crippen molar-refractivity contribution in [3.8, 4) is 0 Å². The third-order valence-electron chi connectivity index (χ3n) is 4.61. The minimum absolute atomic E-state index is 0.0383. The van der Waals surface area contributed by atoms with E-state index in [9.17, 15) is 13.2 Å². The third-order valence-corrected chi connectivity index (χ3v) is 4.85. The zero-order chi connectivity index (χ0) is 19.0. The molecule has 0 unspecified atom stereocenters. The topological polar surface area (TPSA) is 44.9 Å². The van der Waals surface area contributed by atoms with Gasteiger partial charge < -0.3 is 4.90 Å². The van der Waals surface area contributed by atoms with E-state index in [0.29, 0.717) is 11.6 Å². The van der Waals surface area contributed by atoms with Gasteiger partial charge in [-0.3, -0.25) is 5.41 Å². The molecule has 0 bridgehead atoms. The van der Waals surface area contributed by atoms with Gasteiger partial charge in [0.25, 0.3) is 6.43 Å². The number of alkyl halides is 2. The summed E-state index contributed by atoms with van der Waals surface area (Å²) < 4.78 is 41.7. The lowest BCUT2D eigenvalue weighted by Crippen LogP contribution is -2.34. The summed E-state index contributed by atoms with van der Waals surface area (Å²) in [6.45, 7) is 2.33. The van der Waals surface area contributed by atoms with Crippen LogP contribution >= 0.6 is 11.6 Å². The van der Waals surface area contributed by atoms with Crippen molar-refractivity contribution in [3.63, 3.8) is 0 Å². The summed E-state index contributed by atoms with van der Waals surface area (Å²) in [6, 6.07) is 5.57. The van der Waals surface area contributed by atoms with Crippen LogP contribution in [0.3, 0.4) is 0 Å². The van der Waals surface area contributed by atoms with Crippen LogP contribution in [0, 0.1) is 11.4 Å². The molecule has 1 heterocycles. The predicted molar refractivity (Wildman–Crippen MR) is 94.3 cm³/mol. The normalized spacial score (nSPS) is 14.1. The van der Waals surface area contributed by atoms with E-state index in [4.69, 9.17) is 17.0 Å². The number of nitrogens with zero attached hydrogens (tertiary/aromatic N) is 3. The fourth-order valence-corrected chi connectivity index (χ4v) is 3.28. The summed E-state index contributed by atoms with van der Waals surface area (Å²) >= 11 is 6.10. The molecule has 0 atom stereocenters. The molecule has 1 fully saturated rings. The standard InChI is InChI=1S/C18H20ClF3N4/c1-3-10-4-5-12(19)8-11(10)9-26(13-6-7-13)18(23)14-15(16(20)21)24-25(2)17(14)22/h4-5,8,13,16,23H,3,6-7,9H2,1-2H3. The molecule has 1 aromatic carbocycles. The molecule has 0 aliphatic heterocycles. The van der Waals surface area contributed by atoms with E-state index >= 15 is 0 Å². The Kier molecular flexibility index (Phi) is 5.27. The second-order valence-corrected chi connectivity index (χ2v) is 6.89. The van der Waals surface area contributed by atoms with Gasteiger partial charge in [-0.25, -0.2) is 13.5 Å². The smallest absolute Gasteiger partial charge is 0.283 e. The second kappa shape index (κ2) is 7.31. The number of halogens is 4. The van der Waals surface area contributed by atoms with Gasteiger partial charge in [0.05, 0.1) is 0 Å². The molecule has 1 aromatic heterocycles. The Hall–Kier alpha value is -2.02. The van der Waals surface area contributed by atoms with Crippen molar-refractivity contribution in [2.45, 2.75) is 45.2 Å². The molecule has 1 N–H and O–H groups in total. The number of hydrogen-bond acceptors (Lipinski definition) is 2. The SMILES string of the molecule is CCc1ccc(Cl)cc1CN(C(=N)c1c(C(F)F)nn(C)c1F)C1CC1. The third kappa shape index (κ3) is 3.58. The molecule has 4 nitrogen and oxygen atoms in total. The molecule has 1 aliphatic rings. The average molecular weight is 385 g/mol. The van der Waals surface area contributed by atoms with E-state index in [0.717, 1.165) is 35.1 Å². The van der Waals surface area contributed by atoms with Crippen molar-refractivity contribution in [2.24, 2.45) is 7.05 Å². The van der Waals surface area contributed by atoms with E-state index < -0.39 is 23.6 Å². The van der Waals surface area contributed by atoms with Crippen molar-refractivity contribution in [1.82, 2.24) is 14.7 Å². The Bertz CT molecular complexity index is 830. The van der Waals surface area contributed by atoms with Crippen LogP contribution in [0.25, 0.3) is 0 Å². The lowest BCUT2D eigenvalue weighted by Gasteiger charge is -2.26. The Morgan fingerprint density at radius 3 is 2.65 bits per heavy atom. The highest BCUT2D eigenvalue weighted by Crippen LogP contribution is 2.33. The first-order valence-corrected chi connectivity index (χ1v) is 8.84. The second-order valence-electron chi connectivity index (χ2n) is 6.45. The van der Waals surface area contributed by atoms with E-state index in [-0.39, 0.29) is 11.9 Å². The molecule has 140 valence electrons. The van der Waals surface area contributed by atoms with Crippen LogP contribution in [0.1, 0.15) is 48.6 Å². The molecule has 2 aromatic rings. The molecular weight excluding hydrogens is 365 g/mol. The van der Waals surface area contributed by atoms with Gasteiger partial charge >= 0.3 is 0 Å². The van der Waals surface area contributed by atoms with Crippen molar-refractivity contribution in [2.75, 3.05) is 0 Å². The van der Waals surface area contributed by atoms with Crippen molar-refractivity contribution in [3.05, 3.63) is 51.6 Å². The average Bonchev–Trinajstić information content (AvgIpc) is 3.38. The largest absolute Gasteiger partial charge is 0.349 e. The highest BCUT2D eigenvalue weighted by Gasteiger charge is 2.36. The van der Waals surface area contributed by atoms with Gasteiger partial charge in [-0.15, -0.1) is 0 Å². The Morgan fingerprint density at radius 1 is 1.38 bits per heavy atom. The van der Waals surface area contributed by atoms with Gasteiger partial charge in [0.15, 0.2) is 0 Å². The quantitative estimate of drug-likeness (QED) is 0.579. The zero-order valence-corrected chi connectivity index (χ0v) is 15.3. The van der Waals surface area contributed by atoms with Crippen LogP contribution in [0.2, 0.25) is 5.02 Å².